The maximum Gasteiger partial charge on any atom is 0.306 e. The van der Waals surface area contributed by atoms with Gasteiger partial charge in [-0.1, -0.05) is 44.9 Å². The fraction of sp³-hybridized carbons (Fsp3) is 0.867. The first kappa shape index (κ1) is 16.0. The molecule has 0 aromatic heterocycles. The maximum atomic E-state index is 10.5. The molecule has 110 valence electrons. The number of carboxylic acid groups (broad SMARTS) is 2. The van der Waals surface area contributed by atoms with Crippen molar-refractivity contribution < 1.29 is 19.8 Å². The van der Waals surface area contributed by atoms with Crippen LogP contribution in [0.4, 0.5) is 0 Å². The molecule has 2 aliphatic rings. The van der Waals surface area contributed by atoms with Crippen LogP contribution in [-0.4, -0.2) is 22.2 Å². The number of hydrogen-bond donors (Lipinski definition) is 2. The fourth-order valence-electron chi connectivity index (χ4n) is 2.88. The van der Waals surface area contributed by atoms with Crippen molar-refractivity contribution in [3.05, 3.63) is 0 Å². The van der Waals surface area contributed by atoms with E-state index in [0.29, 0.717) is 0 Å². The standard InChI is InChI=1S/C8H14O2.C7H12O2/c9-8(10)7-5-3-1-2-4-6-7;8-7(9)6-4-2-1-3-5-6/h7H,1-6H2,(H,9,10);6H,1-5H2,(H,8,9). The summed E-state index contributed by atoms with van der Waals surface area (Å²) in [5.41, 5.74) is 0. The summed E-state index contributed by atoms with van der Waals surface area (Å²) in [7, 11) is 0. The summed E-state index contributed by atoms with van der Waals surface area (Å²) in [6, 6.07) is 0. The fourth-order valence-corrected chi connectivity index (χ4v) is 2.88. The van der Waals surface area contributed by atoms with Crippen LogP contribution in [0.15, 0.2) is 0 Å². The lowest BCUT2D eigenvalue weighted by molar-refractivity contribution is -0.143. The smallest absolute Gasteiger partial charge is 0.306 e. The van der Waals surface area contributed by atoms with Gasteiger partial charge in [-0.25, -0.2) is 0 Å². The minimum absolute atomic E-state index is 0.0289. The maximum absolute atomic E-state index is 10.5. The van der Waals surface area contributed by atoms with Gasteiger partial charge in [0.15, 0.2) is 0 Å². The molecule has 2 fully saturated rings. The number of aliphatic carboxylic acids is 2. The molecule has 2 rings (SSSR count). The van der Waals surface area contributed by atoms with Crippen LogP contribution < -0.4 is 0 Å². The van der Waals surface area contributed by atoms with E-state index in [1.165, 1.54) is 19.3 Å². The number of rotatable bonds is 2. The molecule has 2 aliphatic carbocycles. The molecule has 19 heavy (non-hydrogen) atoms. The molecule has 0 atom stereocenters. The summed E-state index contributed by atoms with van der Waals surface area (Å²) in [6.45, 7) is 0. The van der Waals surface area contributed by atoms with Crippen molar-refractivity contribution in [3.63, 3.8) is 0 Å². The second-order valence-electron chi connectivity index (χ2n) is 5.70. The quantitative estimate of drug-likeness (QED) is 0.750. The average molecular weight is 270 g/mol. The lowest BCUT2D eigenvalue weighted by Crippen LogP contribution is -2.16. The largest absolute Gasteiger partial charge is 0.481 e. The third kappa shape index (κ3) is 6.60. The first-order valence-corrected chi connectivity index (χ1v) is 7.57. The van der Waals surface area contributed by atoms with Crippen LogP contribution in [0.2, 0.25) is 0 Å². The number of hydrogen-bond acceptors (Lipinski definition) is 2. The molecule has 0 spiro atoms. The first-order chi connectivity index (χ1) is 9.11. The molecule has 0 aromatic carbocycles. The van der Waals surface area contributed by atoms with Crippen LogP contribution in [0.5, 0.6) is 0 Å². The van der Waals surface area contributed by atoms with E-state index in [9.17, 15) is 9.59 Å². The van der Waals surface area contributed by atoms with E-state index in [0.717, 1.165) is 51.4 Å². The van der Waals surface area contributed by atoms with Crippen molar-refractivity contribution in [2.45, 2.75) is 70.6 Å². The summed E-state index contributed by atoms with van der Waals surface area (Å²) < 4.78 is 0. The Balaban J connectivity index is 0.000000191. The summed E-state index contributed by atoms with van der Waals surface area (Å²) in [5.74, 6) is -1.27. The van der Waals surface area contributed by atoms with Crippen molar-refractivity contribution in [1.82, 2.24) is 0 Å². The number of carbonyl (C=O) groups is 2. The van der Waals surface area contributed by atoms with Gasteiger partial charge in [0.2, 0.25) is 0 Å². The molecule has 0 radical (unpaired) electrons. The van der Waals surface area contributed by atoms with E-state index in [-0.39, 0.29) is 11.8 Å². The van der Waals surface area contributed by atoms with E-state index in [1.807, 2.05) is 0 Å². The molecular formula is C15H26O4. The van der Waals surface area contributed by atoms with E-state index in [2.05, 4.69) is 0 Å². The zero-order chi connectivity index (χ0) is 14.1. The van der Waals surface area contributed by atoms with Gasteiger partial charge in [-0.3, -0.25) is 9.59 Å². The summed E-state index contributed by atoms with van der Waals surface area (Å²) in [4.78, 5) is 20.9. The molecule has 4 nitrogen and oxygen atoms in total. The van der Waals surface area contributed by atoms with Gasteiger partial charge in [0, 0.05) is 0 Å². The Labute approximate surface area is 115 Å². The van der Waals surface area contributed by atoms with E-state index < -0.39 is 11.9 Å². The Morgan fingerprint density at radius 2 is 0.842 bits per heavy atom. The van der Waals surface area contributed by atoms with Crippen molar-refractivity contribution in [2.75, 3.05) is 0 Å². The highest BCUT2D eigenvalue weighted by atomic mass is 16.4. The van der Waals surface area contributed by atoms with Crippen LogP contribution >= 0.6 is 0 Å². The zero-order valence-corrected chi connectivity index (χ0v) is 11.6. The normalized spacial score (nSPS) is 21.9. The lowest BCUT2D eigenvalue weighted by atomic mass is 9.90. The van der Waals surface area contributed by atoms with Crippen LogP contribution in [0.25, 0.3) is 0 Å². The van der Waals surface area contributed by atoms with Gasteiger partial charge in [0.1, 0.15) is 0 Å². The third-order valence-corrected chi connectivity index (χ3v) is 4.16. The molecule has 2 N–H and O–H groups in total. The molecule has 0 saturated heterocycles. The van der Waals surface area contributed by atoms with Crippen LogP contribution in [-0.2, 0) is 9.59 Å². The second-order valence-corrected chi connectivity index (χ2v) is 5.70. The van der Waals surface area contributed by atoms with Crippen LogP contribution in [0.1, 0.15) is 70.6 Å². The van der Waals surface area contributed by atoms with Gasteiger partial charge < -0.3 is 10.2 Å². The highest BCUT2D eigenvalue weighted by Crippen LogP contribution is 2.23. The summed E-state index contributed by atoms with van der Waals surface area (Å²) >= 11 is 0. The van der Waals surface area contributed by atoms with E-state index in [4.69, 9.17) is 10.2 Å². The van der Waals surface area contributed by atoms with Gasteiger partial charge in [0.25, 0.3) is 0 Å². The minimum atomic E-state index is -0.602. The second kappa shape index (κ2) is 8.94. The molecule has 2 saturated carbocycles. The van der Waals surface area contributed by atoms with Gasteiger partial charge in [0.05, 0.1) is 11.8 Å². The monoisotopic (exact) mass is 270 g/mol. The van der Waals surface area contributed by atoms with E-state index in [1.54, 1.807) is 0 Å². The SMILES string of the molecule is O=C(O)C1CCCCC1.O=C(O)C1CCCCCC1. The summed E-state index contributed by atoms with van der Waals surface area (Å²) in [5, 5.41) is 17.2. The van der Waals surface area contributed by atoms with Crippen molar-refractivity contribution in [1.29, 1.82) is 0 Å². The highest BCUT2D eigenvalue weighted by molar-refractivity contribution is 5.70. The predicted molar refractivity (Wildman–Crippen MR) is 73.0 cm³/mol. The molecule has 4 heteroatoms. The topological polar surface area (TPSA) is 74.6 Å². The molecule has 0 bridgehead atoms. The van der Waals surface area contributed by atoms with Crippen molar-refractivity contribution >= 4 is 11.9 Å². The number of carboxylic acids is 2. The Morgan fingerprint density at radius 3 is 1.11 bits per heavy atom. The van der Waals surface area contributed by atoms with Gasteiger partial charge >= 0.3 is 11.9 Å². The molecular weight excluding hydrogens is 244 g/mol. The van der Waals surface area contributed by atoms with Gasteiger partial charge in [-0.2, -0.15) is 0 Å². The van der Waals surface area contributed by atoms with Crippen LogP contribution in [0, 0.1) is 11.8 Å². The lowest BCUT2D eigenvalue weighted by Gasteiger charge is -2.16. The van der Waals surface area contributed by atoms with Gasteiger partial charge in [-0.15, -0.1) is 0 Å². The molecule has 0 heterocycles. The minimum Gasteiger partial charge on any atom is -0.481 e. The first-order valence-electron chi connectivity index (χ1n) is 7.57. The van der Waals surface area contributed by atoms with Gasteiger partial charge in [-0.05, 0) is 25.7 Å². The molecule has 0 amide bonds. The zero-order valence-electron chi connectivity index (χ0n) is 11.6. The van der Waals surface area contributed by atoms with Crippen molar-refractivity contribution in [3.8, 4) is 0 Å². The average Bonchev–Trinajstić information content (AvgIpc) is 2.69. The molecule has 0 unspecified atom stereocenters. The predicted octanol–water partition coefficient (Wildman–Crippen LogP) is 3.69. The Morgan fingerprint density at radius 1 is 0.579 bits per heavy atom. The van der Waals surface area contributed by atoms with Crippen molar-refractivity contribution in [2.24, 2.45) is 11.8 Å². The Kier molecular flexibility index (Phi) is 7.53. The molecule has 0 aliphatic heterocycles. The third-order valence-electron chi connectivity index (χ3n) is 4.16. The Bertz CT molecular complexity index is 274. The van der Waals surface area contributed by atoms with E-state index >= 15 is 0 Å². The molecule has 0 aromatic rings. The highest BCUT2D eigenvalue weighted by Gasteiger charge is 2.19. The van der Waals surface area contributed by atoms with Crippen LogP contribution in [0.3, 0.4) is 0 Å². The Hall–Kier alpha value is -1.06. The summed E-state index contributed by atoms with van der Waals surface area (Å²) in [6.07, 6.45) is 11.7.